The van der Waals surface area contributed by atoms with Crippen molar-refractivity contribution >= 4 is 11.3 Å². The Bertz CT molecular complexity index is 609. The highest BCUT2D eigenvalue weighted by atomic mass is 32.1. The Kier molecular flexibility index (Phi) is 7.40. The van der Waals surface area contributed by atoms with E-state index < -0.39 is 5.54 Å². The number of hydrogen-bond donors (Lipinski definition) is 2. The molecule has 2 nitrogen and oxygen atoms in total. The van der Waals surface area contributed by atoms with E-state index in [4.69, 9.17) is 5.73 Å². The van der Waals surface area contributed by atoms with Gasteiger partial charge >= 0.3 is 0 Å². The number of aliphatic hydroxyl groups is 1. The molecule has 0 aliphatic carbocycles. The Labute approximate surface area is 148 Å². The molecule has 1 atom stereocenters. The van der Waals surface area contributed by atoms with Gasteiger partial charge in [0.15, 0.2) is 0 Å². The molecule has 4 heteroatoms. The van der Waals surface area contributed by atoms with E-state index in [-0.39, 0.29) is 12.4 Å². The Balaban J connectivity index is 1.70. The second kappa shape index (κ2) is 9.30. The molecule has 2 rings (SSSR count). The van der Waals surface area contributed by atoms with Crippen LogP contribution in [0.25, 0.3) is 0 Å². The first-order valence-electron chi connectivity index (χ1n) is 8.71. The van der Waals surface area contributed by atoms with Crippen LogP contribution >= 0.6 is 11.3 Å². The average molecular weight is 350 g/mol. The molecule has 0 radical (unpaired) electrons. The monoisotopic (exact) mass is 349 g/mol. The van der Waals surface area contributed by atoms with Crippen molar-refractivity contribution in [2.75, 3.05) is 6.61 Å². The molecule has 132 valence electrons. The van der Waals surface area contributed by atoms with Crippen LogP contribution in [0.15, 0.2) is 36.4 Å². The topological polar surface area (TPSA) is 46.2 Å². The summed E-state index contributed by atoms with van der Waals surface area (Å²) in [7, 11) is 0. The molecule has 0 saturated heterocycles. The third-order valence-electron chi connectivity index (χ3n) is 4.32. The Morgan fingerprint density at radius 3 is 2.50 bits per heavy atom. The van der Waals surface area contributed by atoms with Gasteiger partial charge in [-0.15, -0.1) is 11.3 Å². The predicted octanol–water partition coefficient (Wildman–Crippen LogP) is 4.49. The van der Waals surface area contributed by atoms with Crippen LogP contribution in [0.2, 0.25) is 0 Å². The van der Waals surface area contributed by atoms with Gasteiger partial charge in [-0.1, -0.05) is 36.8 Å². The van der Waals surface area contributed by atoms with Crippen molar-refractivity contribution in [1.82, 2.24) is 0 Å². The SMILES string of the molecule is CC(N)(CO)CCc1sc(CCCCCc2ccccc2)cc1F. The number of nitrogens with two attached hydrogens (primary N) is 1. The number of hydrogen-bond acceptors (Lipinski definition) is 3. The van der Waals surface area contributed by atoms with Gasteiger partial charge in [0.25, 0.3) is 0 Å². The summed E-state index contributed by atoms with van der Waals surface area (Å²) in [4.78, 5) is 1.88. The highest BCUT2D eigenvalue weighted by molar-refractivity contribution is 7.12. The first-order valence-corrected chi connectivity index (χ1v) is 9.52. The molecule has 0 amide bonds. The maximum atomic E-state index is 14.0. The number of aryl methyl sites for hydroxylation is 3. The van der Waals surface area contributed by atoms with Gasteiger partial charge in [-0.2, -0.15) is 0 Å². The zero-order chi connectivity index (χ0) is 17.4. The maximum absolute atomic E-state index is 14.0. The van der Waals surface area contributed by atoms with Crippen LogP contribution in [0, 0.1) is 5.82 Å². The van der Waals surface area contributed by atoms with E-state index in [0.717, 1.165) is 35.4 Å². The van der Waals surface area contributed by atoms with Crippen LogP contribution < -0.4 is 5.73 Å². The van der Waals surface area contributed by atoms with Gasteiger partial charge in [-0.25, -0.2) is 4.39 Å². The summed E-state index contributed by atoms with van der Waals surface area (Å²) in [5.74, 6) is -0.118. The molecular weight excluding hydrogens is 321 g/mol. The van der Waals surface area contributed by atoms with Gasteiger partial charge in [0.1, 0.15) is 5.82 Å². The van der Waals surface area contributed by atoms with Crippen molar-refractivity contribution < 1.29 is 9.50 Å². The van der Waals surface area contributed by atoms with Crippen molar-refractivity contribution in [3.63, 3.8) is 0 Å². The number of benzene rings is 1. The predicted molar refractivity (Wildman–Crippen MR) is 100.0 cm³/mol. The molecule has 1 heterocycles. The van der Waals surface area contributed by atoms with Gasteiger partial charge < -0.3 is 10.8 Å². The molecule has 0 saturated carbocycles. The summed E-state index contributed by atoms with van der Waals surface area (Å²) < 4.78 is 14.0. The van der Waals surface area contributed by atoms with Crippen molar-refractivity contribution in [2.24, 2.45) is 5.73 Å². The molecule has 0 spiro atoms. The lowest BCUT2D eigenvalue weighted by Crippen LogP contribution is -2.40. The molecule has 1 unspecified atom stereocenters. The van der Waals surface area contributed by atoms with Gasteiger partial charge in [-0.3, -0.25) is 0 Å². The summed E-state index contributed by atoms with van der Waals surface area (Å²) >= 11 is 1.55. The summed E-state index contributed by atoms with van der Waals surface area (Å²) in [6.45, 7) is 1.72. The number of aliphatic hydroxyl groups excluding tert-OH is 1. The van der Waals surface area contributed by atoms with E-state index in [9.17, 15) is 9.50 Å². The number of rotatable bonds is 10. The van der Waals surface area contributed by atoms with Crippen molar-refractivity contribution in [2.45, 2.75) is 57.4 Å². The summed E-state index contributed by atoms with van der Waals surface area (Å²) in [6, 6.07) is 12.2. The Morgan fingerprint density at radius 1 is 1.08 bits per heavy atom. The van der Waals surface area contributed by atoms with E-state index in [1.807, 2.05) is 6.07 Å². The number of thiophene rings is 1. The zero-order valence-corrected chi connectivity index (χ0v) is 15.2. The molecule has 24 heavy (non-hydrogen) atoms. The van der Waals surface area contributed by atoms with Crippen LogP contribution in [0.4, 0.5) is 4.39 Å². The normalized spacial score (nSPS) is 13.8. The lowest BCUT2D eigenvalue weighted by molar-refractivity contribution is 0.200. The molecule has 0 bridgehead atoms. The van der Waals surface area contributed by atoms with Gasteiger partial charge in [0.05, 0.1) is 6.61 Å². The minimum atomic E-state index is -0.631. The van der Waals surface area contributed by atoms with Gasteiger partial charge in [0.2, 0.25) is 0 Å². The standard InChI is InChI=1S/C20H28FNOS/c1-20(22,15-23)13-12-19-18(21)14-17(24-19)11-7-3-6-10-16-8-4-2-5-9-16/h2,4-5,8-9,14,23H,3,6-7,10-13,15,22H2,1H3. The molecule has 0 fully saturated rings. The maximum Gasteiger partial charge on any atom is 0.137 e. The minimum absolute atomic E-state index is 0.0751. The fraction of sp³-hybridized carbons (Fsp3) is 0.500. The highest BCUT2D eigenvalue weighted by Crippen LogP contribution is 2.25. The number of halogens is 1. The fourth-order valence-electron chi connectivity index (χ4n) is 2.68. The molecule has 0 aliphatic rings. The third-order valence-corrected chi connectivity index (χ3v) is 5.55. The second-order valence-corrected chi connectivity index (χ2v) is 8.06. The summed E-state index contributed by atoms with van der Waals surface area (Å²) in [5, 5.41) is 9.18. The molecule has 2 aromatic rings. The van der Waals surface area contributed by atoms with E-state index in [0.29, 0.717) is 12.8 Å². The smallest absolute Gasteiger partial charge is 0.137 e. The van der Waals surface area contributed by atoms with Crippen molar-refractivity contribution in [3.05, 3.63) is 57.5 Å². The van der Waals surface area contributed by atoms with Gasteiger partial charge in [0, 0.05) is 15.3 Å². The van der Waals surface area contributed by atoms with Crippen molar-refractivity contribution in [3.8, 4) is 0 Å². The molecule has 3 N–H and O–H groups in total. The van der Waals surface area contributed by atoms with Crippen LogP contribution in [-0.4, -0.2) is 17.3 Å². The van der Waals surface area contributed by atoms with Gasteiger partial charge in [-0.05, 0) is 57.1 Å². The van der Waals surface area contributed by atoms with Crippen LogP contribution in [0.1, 0.15) is 47.9 Å². The first kappa shape index (κ1) is 19.1. The van der Waals surface area contributed by atoms with Crippen LogP contribution in [0.5, 0.6) is 0 Å². The van der Waals surface area contributed by atoms with Crippen LogP contribution in [-0.2, 0) is 19.3 Å². The summed E-state index contributed by atoms with van der Waals surface area (Å²) in [5.41, 5.74) is 6.67. The highest BCUT2D eigenvalue weighted by Gasteiger charge is 2.18. The third kappa shape index (κ3) is 6.34. The molecule has 1 aromatic heterocycles. The summed E-state index contributed by atoms with van der Waals surface area (Å²) in [6.07, 6.45) is 6.67. The molecule has 0 aliphatic heterocycles. The van der Waals surface area contributed by atoms with E-state index >= 15 is 0 Å². The molecular formula is C20H28FNOS. The number of unbranched alkanes of at least 4 members (excludes halogenated alkanes) is 2. The van der Waals surface area contributed by atoms with Crippen LogP contribution in [0.3, 0.4) is 0 Å². The first-order chi connectivity index (χ1) is 11.5. The zero-order valence-electron chi connectivity index (χ0n) is 14.4. The van der Waals surface area contributed by atoms with E-state index in [1.165, 1.54) is 12.0 Å². The fourth-order valence-corrected chi connectivity index (χ4v) is 3.77. The Morgan fingerprint density at radius 2 is 1.79 bits per heavy atom. The van der Waals surface area contributed by atoms with E-state index in [1.54, 1.807) is 24.3 Å². The Hall–Kier alpha value is -1.23. The van der Waals surface area contributed by atoms with Crippen molar-refractivity contribution in [1.29, 1.82) is 0 Å². The molecule has 1 aromatic carbocycles. The quantitative estimate of drug-likeness (QED) is 0.621. The largest absolute Gasteiger partial charge is 0.394 e. The lowest BCUT2D eigenvalue weighted by Gasteiger charge is -2.20. The lowest BCUT2D eigenvalue weighted by atomic mass is 9.98. The second-order valence-electron chi connectivity index (χ2n) is 6.84. The van der Waals surface area contributed by atoms with E-state index in [2.05, 4.69) is 24.3 Å². The average Bonchev–Trinajstić information content (AvgIpc) is 2.94. The minimum Gasteiger partial charge on any atom is -0.394 e.